The summed E-state index contributed by atoms with van der Waals surface area (Å²) < 4.78 is 254. The van der Waals surface area contributed by atoms with Crippen LogP contribution in [0.1, 0.15) is 64.2 Å². The van der Waals surface area contributed by atoms with Gasteiger partial charge in [0.15, 0.2) is 0 Å². The molecular weight excluding hydrogens is 875 g/mol. The standard InChI is InChI=1S/C20H22F20Te2/c21-11(7-3-1-5-9-13(23,24)25)15(29,30)17(33,34)19(37,38)41-42-20(39,40)18(35,36)16(31,32)12(22)8-4-2-6-10-14(26,27)28/h11-12H,1-10H2. The zero-order valence-corrected chi connectivity index (χ0v) is 25.3. The van der Waals surface area contributed by atoms with Crippen molar-refractivity contribution < 1.29 is 87.8 Å². The molecule has 0 saturated carbocycles. The van der Waals surface area contributed by atoms with Gasteiger partial charge in [0.05, 0.1) is 0 Å². The first-order valence-corrected chi connectivity index (χ1v) is 21.2. The molecular formula is C20H22F20Te2. The molecule has 0 aliphatic carbocycles. The van der Waals surface area contributed by atoms with Gasteiger partial charge in [-0.05, 0) is 0 Å². The van der Waals surface area contributed by atoms with Crippen LogP contribution >= 0.6 is 0 Å². The molecule has 0 bridgehead atoms. The Labute approximate surface area is 242 Å². The monoisotopic (exact) mass is 902 g/mol. The fourth-order valence-corrected chi connectivity index (χ4v) is 13.0. The molecule has 0 aromatic rings. The summed E-state index contributed by atoms with van der Waals surface area (Å²) in [6, 6.07) is 0. The number of hydrogen-bond acceptors (Lipinski definition) is 0. The molecule has 0 fully saturated rings. The first kappa shape index (κ1) is 42.2. The van der Waals surface area contributed by atoms with Crippen LogP contribution in [0.5, 0.6) is 0 Å². The number of unbranched alkanes of at least 4 members (excludes halogenated alkanes) is 4. The molecule has 0 aliphatic heterocycles. The molecule has 22 heteroatoms. The first-order chi connectivity index (χ1) is 18.5. The van der Waals surface area contributed by atoms with Crippen LogP contribution in [0.2, 0.25) is 0 Å². The summed E-state index contributed by atoms with van der Waals surface area (Å²) in [5, 5.41) is 0. The van der Waals surface area contributed by atoms with Crippen molar-refractivity contribution in [3.8, 4) is 0 Å². The Morgan fingerprint density at radius 2 is 0.643 bits per heavy atom. The second-order valence-electron chi connectivity index (χ2n) is 8.96. The number of rotatable bonds is 19. The average Bonchev–Trinajstić information content (AvgIpc) is 2.80. The minimum atomic E-state index is -6.80. The summed E-state index contributed by atoms with van der Waals surface area (Å²) in [7, 11) is 0. The molecule has 0 spiro atoms. The molecule has 0 rings (SSSR count). The van der Waals surface area contributed by atoms with Crippen molar-refractivity contribution in [1.29, 1.82) is 0 Å². The summed E-state index contributed by atoms with van der Waals surface area (Å²) in [5.41, 5.74) is 0. The van der Waals surface area contributed by atoms with Crippen molar-refractivity contribution in [1.82, 2.24) is 0 Å². The van der Waals surface area contributed by atoms with E-state index in [4.69, 9.17) is 0 Å². The molecule has 0 saturated heterocycles. The Hall–Kier alpha value is 0.179. The Balaban J connectivity index is 5.38. The van der Waals surface area contributed by atoms with Gasteiger partial charge in [0.2, 0.25) is 0 Å². The summed E-state index contributed by atoms with van der Waals surface area (Å²) in [4.78, 5) is 0. The van der Waals surface area contributed by atoms with E-state index in [1.807, 2.05) is 0 Å². The molecule has 0 radical (unpaired) electrons. The van der Waals surface area contributed by atoms with E-state index in [0.29, 0.717) is 0 Å². The zero-order valence-electron chi connectivity index (χ0n) is 20.6. The van der Waals surface area contributed by atoms with Gasteiger partial charge in [-0.3, -0.25) is 0 Å². The molecule has 0 N–H and O–H groups in total. The third-order valence-corrected chi connectivity index (χ3v) is 17.9. The fourth-order valence-electron chi connectivity index (χ4n) is 3.00. The van der Waals surface area contributed by atoms with E-state index in [0.717, 1.165) is 0 Å². The van der Waals surface area contributed by atoms with E-state index >= 15 is 0 Å². The fraction of sp³-hybridized carbons (Fsp3) is 1.00. The quantitative estimate of drug-likeness (QED) is 0.0689. The van der Waals surface area contributed by atoms with Crippen molar-refractivity contribution in [2.45, 2.75) is 121 Å². The van der Waals surface area contributed by atoms with Crippen LogP contribution in [0.3, 0.4) is 0 Å². The van der Waals surface area contributed by atoms with E-state index in [1.165, 1.54) is 0 Å². The molecule has 254 valence electrons. The van der Waals surface area contributed by atoms with Crippen LogP contribution < -0.4 is 0 Å². The van der Waals surface area contributed by atoms with Gasteiger partial charge in [0.1, 0.15) is 0 Å². The van der Waals surface area contributed by atoms with Gasteiger partial charge in [0, 0.05) is 0 Å². The van der Waals surface area contributed by atoms with Crippen molar-refractivity contribution in [3.63, 3.8) is 0 Å². The average molecular weight is 898 g/mol. The molecule has 0 nitrogen and oxygen atoms in total. The van der Waals surface area contributed by atoms with E-state index in [-0.39, 0.29) is 0 Å². The predicted octanol–water partition coefficient (Wildman–Crippen LogP) is 9.74. The van der Waals surface area contributed by atoms with Gasteiger partial charge >= 0.3 is 242 Å². The van der Waals surface area contributed by atoms with Crippen molar-refractivity contribution in [2.24, 2.45) is 0 Å². The Bertz CT molecular complexity index is 740. The molecule has 0 aromatic carbocycles. The molecule has 0 amide bonds. The summed E-state index contributed by atoms with van der Waals surface area (Å²) in [6.07, 6.45) is -28.7. The summed E-state index contributed by atoms with van der Waals surface area (Å²) >= 11 is -9.47. The Morgan fingerprint density at radius 1 is 0.381 bits per heavy atom. The van der Waals surface area contributed by atoms with Gasteiger partial charge < -0.3 is 0 Å². The van der Waals surface area contributed by atoms with Crippen LogP contribution in [0.25, 0.3) is 0 Å². The SMILES string of the molecule is FC(CCCCCC(F)(F)F)C(F)(F)C(F)(F)C(F)(F)[Te][Te]C(F)(F)C(F)(F)C(F)(F)C(F)CCCCCC(F)(F)F. The van der Waals surface area contributed by atoms with Crippen LogP contribution in [0.15, 0.2) is 0 Å². The van der Waals surface area contributed by atoms with Gasteiger partial charge in [-0.1, -0.05) is 0 Å². The number of halogens is 20. The number of alkyl halides is 20. The Morgan fingerprint density at radius 3 is 0.881 bits per heavy atom. The molecule has 42 heavy (non-hydrogen) atoms. The maximum atomic E-state index is 14.0. The summed E-state index contributed by atoms with van der Waals surface area (Å²) in [6.45, 7) is 0. The van der Waals surface area contributed by atoms with Crippen LogP contribution in [-0.2, 0) is 0 Å². The molecule has 0 aliphatic rings. The normalized spacial score (nSPS) is 16.6. The van der Waals surface area contributed by atoms with Gasteiger partial charge in [-0.25, -0.2) is 0 Å². The molecule has 0 aromatic heterocycles. The van der Waals surface area contributed by atoms with E-state index in [9.17, 15) is 87.8 Å². The first-order valence-electron chi connectivity index (χ1n) is 11.5. The van der Waals surface area contributed by atoms with Gasteiger partial charge in [0.25, 0.3) is 0 Å². The van der Waals surface area contributed by atoms with E-state index in [1.54, 1.807) is 0 Å². The van der Waals surface area contributed by atoms with Gasteiger partial charge in [-0.15, -0.1) is 0 Å². The van der Waals surface area contributed by atoms with Crippen LogP contribution in [-0.4, -0.2) is 90.4 Å². The second-order valence-corrected chi connectivity index (χ2v) is 19.2. The van der Waals surface area contributed by atoms with E-state index < -0.39 is 155 Å². The van der Waals surface area contributed by atoms with Gasteiger partial charge in [-0.2, -0.15) is 0 Å². The third kappa shape index (κ3) is 11.5. The topological polar surface area (TPSA) is 0 Å². The number of hydrogen-bond donors (Lipinski definition) is 0. The zero-order chi connectivity index (χ0) is 33.6. The van der Waals surface area contributed by atoms with Crippen LogP contribution in [0.4, 0.5) is 87.8 Å². The minimum absolute atomic E-state index is 0.655. The van der Waals surface area contributed by atoms with Crippen molar-refractivity contribution >= 4 is 34.1 Å². The maximum absolute atomic E-state index is 14.0. The summed E-state index contributed by atoms with van der Waals surface area (Å²) in [5.74, 6) is -26.3. The molecule has 0 heterocycles. The predicted molar refractivity (Wildman–Crippen MR) is 109 cm³/mol. The van der Waals surface area contributed by atoms with Crippen LogP contribution in [0, 0.1) is 0 Å². The third-order valence-electron chi connectivity index (χ3n) is 5.44. The van der Waals surface area contributed by atoms with Crippen molar-refractivity contribution in [3.05, 3.63) is 0 Å². The van der Waals surface area contributed by atoms with Crippen molar-refractivity contribution in [2.75, 3.05) is 0 Å². The second kappa shape index (κ2) is 15.2. The van der Waals surface area contributed by atoms with E-state index in [2.05, 4.69) is 0 Å². The Kier molecular flexibility index (Phi) is 15.2. The molecule has 2 unspecified atom stereocenters. The molecule has 2 atom stereocenters.